The third-order valence-corrected chi connectivity index (χ3v) is 5.00. The summed E-state index contributed by atoms with van der Waals surface area (Å²) >= 11 is 0. The minimum atomic E-state index is -0.202. The molecule has 2 N–H and O–H groups in total. The lowest BCUT2D eigenvalue weighted by Gasteiger charge is -2.36. The number of ether oxygens (including phenoxy) is 2. The van der Waals surface area contributed by atoms with Gasteiger partial charge in [-0.3, -0.25) is 4.99 Å². The van der Waals surface area contributed by atoms with Crippen LogP contribution in [0.4, 0.5) is 4.39 Å². The second kappa shape index (κ2) is 11.9. The second-order valence-electron chi connectivity index (χ2n) is 6.93. The maximum Gasteiger partial charge on any atom is 0.191 e. The molecule has 1 aromatic carbocycles. The van der Waals surface area contributed by atoms with Crippen LogP contribution in [0, 0.1) is 5.82 Å². The molecule has 1 aromatic rings. The zero-order chi connectivity index (χ0) is 19.4. The van der Waals surface area contributed by atoms with E-state index in [0.29, 0.717) is 19.8 Å². The van der Waals surface area contributed by atoms with Crippen LogP contribution in [0.5, 0.6) is 0 Å². The average Bonchev–Trinajstić information content (AvgIpc) is 2.70. The molecule has 27 heavy (non-hydrogen) atoms. The molecule has 0 atom stereocenters. The molecule has 1 heterocycles. The molecule has 1 saturated heterocycles. The topological polar surface area (TPSA) is 54.9 Å². The summed E-state index contributed by atoms with van der Waals surface area (Å²) in [7, 11) is 0. The molecule has 0 saturated carbocycles. The van der Waals surface area contributed by atoms with Crippen LogP contribution in [0.25, 0.3) is 0 Å². The van der Waals surface area contributed by atoms with Gasteiger partial charge in [-0.1, -0.05) is 12.1 Å². The van der Waals surface area contributed by atoms with Crippen LogP contribution in [-0.2, 0) is 14.9 Å². The molecule has 1 aliphatic heterocycles. The Bertz CT molecular complexity index is 557. The number of hydrogen-bond donors (Lipinski definition) is 2. The number of halogens is 1. The molecule has 2 rings (SSSR count). The van der Waals surface area contributed by atoms with Gasteiger partial charge in [-0.15, -0.1) is 0 Å². The molecule has 1 aliphatic rings. The van der Waals surface area contributed by atoms with Gasteiger partial charge in [0, 0.05) is 44.9 Å². The summed E-state index contributed by atoms with van der Waals surface area (Å²) in [6, 6.07) is 6.87. The molecule has 0 aliphatic carbocycles. The molecule has 0 radical (unpaired) electrons. The molecular weight excluding hydrogens is 345 g/mol. The van der Waals surface area contributed by atoms with Gasteiger partial charge in [0.15, 0.2) is 5.96 Å². The van der Waals surface area contributed by atoms with Crippen LogP contribution in [-0.4, -0.2) is 52.0 Å². The van der Waals surface area contributed by atoms with Crippen LogP contribution in [0.2, 0.25) is 0 Å². The van der Waals surface area contributed by atoms with E-state index in [1.54, 1.807) is 0 Å². The fraction of sp³-hybridized carbons (Fsp3) is 0.667. The van der Waals surface area contributed by atoms with Crippen LogP contribution < -0.4 is 10.6 Å². The first kappa shape index (κ1) is 21.6. The zero-order valence-electron chi connectivity index (χ0n) is 16.7. The van der Waals surface area contributed by atoms with Crippen LogP contribution in [0.15, 0.2) is 29.3 Å². The molecule has 0 aromatic heterocycles. The van der Waals surface area contributed by atoms with Gasteiger partial charge in [-0.2, -0.15) is 0 Å². The van der Waals surface area contributed by atoms with E-state index in [0.717, 1.165) is 63.5 Å². The maximum atomic E-state index is 13.4. The number of benzene rings is 1. The Morgan fingerprint density at radius 3 is 2.56 bits per heavy atom. The molecule has 0 bridgehead atoms. The van der Waals surface area contributed by atoms with E-state index in [4.69, 9.17) is 14.5 Å². The van der Waals surface area contributed by atoms with Crippen molar-refractivity contribution in [1.29, 1.82) is 0 Å². The Morgan fingerprint density at radius 2 is 1.89 bits per heavy atom. The van der Waals surface area contributed by atoms with Crippen molar-refractivity contribution >= 4 is 5.96 Å². The molecule has 0 unspecified atom stereocenters. The number of nitrogens with zero attached hydrogens (tertiary/aromatic N) is 1. The van der Waals surface area contributed by atoms with Crippen molar-refractivity contribution in [2.45, 2.75) is 44.9 Å². The highest BCUT2D eigenvalue weighted by Crippen LogP contribution is 2.35. The first-order valence-corrected chi connectivity index (χ1v) is 10.1. The number of unbranched alkanes of at least 4 members (excludes halogenated alkanes) is 1. The lowest BCUT2D eigenvalue weighted by atomic mass is 9.74. The molecular formula is C21H34FN3O2. The molecule has 152 valence electrons. The molecule has 1 fully saturated rings. The highest BCUT2D eigenvalue weighted by Gasteiger charge is 2.34. The largest absolute Gasteiger partial charge is 0.382 e. The summed E-state index contributed by atoms with van der Waals surface area (Å²) in [5.74, 6) is 0.633. The first-order chi connectivity index (χ1) is 13.2. The van der Waals surface area contributed by atoms with E-state index in [1.165, 1.54) is 12.1 Å². The van der Waals surface area contributed by atoms with Crippen molar-refractivity contribution in [3.63, 3.8) is 0 Å². The van der Waals surface area contributed by atoms with E-state index in [-0.39, 0.29) is 11.2 Å². The van der Waals surface area contributed by atoms with E-state index in [1.807, 2.05) is 19.1 Å². The normalized spacial score (nSPS) is 16.9. The first-order valence-electron chi connectivity index (χ1n) is 10.1. The van der Waals surface area contributed by atoms with Crippen molar-refractivity contribution in [2.75, 3.05) is 46.1 Å². The van der Waals surface area contributed by atoms with E-state index in [2.05, 4.69) is 17.6 Å². The van der Waals surface area contributed by atoms with E-state index in [9.17, 15) is 4.39 Å². The van der Waals surface area contributed by atoms with Crippen LogP contribution in [0.3, 0.4) is 0 Å². The maximum absolute atomic E-state index is 13.4. The zero-order valence-corrected chi connectivity index (χ0v) is 16.7. The van der Waals surface area contributed by atoms with Gasteiger partial charge < -0.3 is 20.1 Å². The molecule has 0 spiro atoms. The Hall–Kier alpha value is -1.66. The van der Waals surface area contributed by atoms with Crippen LogP contribution >= 0.6 is 0 Å². The SMILES string of the molecule is CCNC(=NCC1(c2ccc(F)cc2)CCOCC1)NCCCCOCC. The number of hydrogen-bond acceptors (Lipinski definition) is 3. The van der Waals surface area contributed by atoms with Crippen molar-refractivity contribution in [3.8, 4) is 0 Å². The van der Waals surface area contributed by atoms with Crippen molar-refractivity contribution < 1.29 is 13.9 Å². The van der Waals surface area contributed by atoms with E-state index < -0.39 is 0 Å². The fourth-order valence-corrected chi connectivity index (χ4v) is 3.36. The average molecular weight is 380 g/mol. The summed E-state index contributed by atoms with van der Waals surface area (Å²) in [6.45, 7) is 9.44. The third kappa shape index (κ3) is 7.11. The van der Waals surface area contributed by atoms with E-state index >= 15 is 0 Å². The number of guanidine groups is 1. The summed E-state index contributed by atoms with van der Waals surface area (Å²) in [5, 5.41) is 6.73. The Labute approximate surface area is 162 Å². The summed E-state index contributed by atoms with van der Waals surface area (Å²) in [5.41, 5.74) is 1.05. The predicted molar refractivity (Wildman–Crippen MR) is 108 cm³/mol. The standard InChI is InChI=1S/C21H34FN3O2/c1-3-23-20(24-13-5-6-14-26-4-2)25-17-21(11-15-27-16-12-21)18-7-9-19(22)10-8-18/h7-10H,3-6,11-17H2,1-2H3,(H2,23,24,25). The number of aliphatic imine (C=N–C) groups is 1. The molecule has 0 amide bonds. The highest BCUT2D eigenvalue weighted by atomic mass is 19.1. The smallest absolute Gasteiger partial charge is 0.191 e. The molecule has 5 nitrogen and oxygen atoms in total. The van der Waals surface area contributed by atoms with Crippen LogP contribution in [0.1, 0.15) is 45.1 Å². The van der Waals surface area contributed by atoms with Gasteiger partial charge in [-0.05, 0) is 57.2 Å². The minimum Gasteiger partial charge on any atom is -0.382 e. The van der Waals surface area contributed by atoms with Gasteiger partial charge in [0.25, 0.3) is 0 Å². The fourth-order valence-electron chi connectivity index (χ4n) is 3.36. The lowest BCUT2D eigenvalue weighted by molar-refractivity contribution is 0.0531. The summed E-state index contributed by atoms with van der Waals surface area (Å²) in [4.78, 5) is 4.86. The third-order valence-electron chi connectivity index (χ3n) is 5.00. The van der Waals surface area contributed by atoms with Crippen molar-refractivity contribution in [2.24, 2.45) is 4.99 Å². The highest BCUT2D eigenvalue weighted by molar-refractivity contribution is 5.79. The Kier molecular flexibility index (Phi) is 9.56. The number of nitrogens with one attached hydrogen (secondary N) is 2. The Balaban J connectivity index is 1.99. The quantitative estimate of drug-likeness (QED) is 0.372. The van der Waals surface area contributed by atoms with Gasteiger partial charge >= 0.3 is 0 Å². The van der Waals surface area contributed by atoms with Gasteiger partial charge in [0.2, 0.25) is 0 Å². The second-order valence-corrected chi connectivity index (χ2v) is 6.93. The summed E-state index contributed by atoms with van der Waals surface area (Å²) < 4.78 is 24.3. The molecule has 6 heteroatoms. The van der Waals surface area contributed by atoms with Gasteiger partial charge in [-0.25, -0.2) is 4.39 Å². The monoisotopic (exact) mass is 379 g/mol. The van der Waals surface area contributed by atoms with Crippen molar-refractivity contribution in [1.82, 2.24) is 10.6 Å². The number of rotatable bonds is 10. The minimum absolute atomic E-state index is 0.0940. The van der Waals surface area contributed by atoms with Gasteiger partial charge in [0.1, 0.15) is 5.82 Å². The summed E-state index contributed by atoms with van der Waals surface area (Å²) in [6.07, 6.45) is 3.88. The predicted octanol–water partition coefficient (Wildman–Crippen LogP) is 3.25. The Morgan fingerprint density at radius 1 is 1.15 bits per heavy atom. The van der Waals surface area contributed by atoms with Gasteiger partial charge in [0.05, 0.1) is 6.54 Å². The lowest BCUT2D eigenvalue weighted by Crippen LogP contribution is -2.41. The van der Waals surface area contributed by atoms with Crippen molar-refractivity contribution in [3.05, 3.63) is 35.6 Å².